The summed E-state index contributed by atoms with van der Waals surface area (Å²) in [6.07, 6.45) is -4.96. The molecule has 1 saturated heterocycles. The molecule has 1 aliphatic heterocycles. The first-order chi connectivity index (χ1) is 14.0. The maximum absolute atomic E-state index is 12.4. The van der Waals surface area contributed by atoms with Crippen molar-refractivity contribution in [3.63, 3.8) is 0 Å². The zero-order chi connectivity index (χ0) is 20.8. The van der Waals surface area contributed by atoms with E-state index in [1.807, 2.05) is 0 Å². The van der Waals surface area contributed by atoms with Crippen LogP contribution in [-0.2, 0) is 23.7 Å². The maximum atomic E-state index is 12.4. The highest BCUT2D eigenvalue weighted by molar-refractivity contribution is 5.90. The summed E-state index contributed by atoms with van der Waals surface area (Å²) < 4.78 is 21.1. The third kappa shape index (κ3) is 5.18. The molecule has 4 atom stereocenters. The molecule has 0 aliphatic carbocycles. The van der Waals surface area contributed by atoms with E-state index in [4.69, 9.17) is 18.9 Å². The zero-order valence-corrected chi connectivity index (χ0v) is 15.6. The van der Waals surface area contributed by atoms with Crippen LogP contribution in [0.1, 0.15) is 27.6 Å². The first-order valence-corrected chi connectivity index (χ1v) is 8.94. The van der Waals surface area contributed by atoms with Crippen molar-refractivity contribution in [2.75, 3.05) is 6.61 Å². The molecule has 0 spiro atoms. The molecule has 0 bridgehead atoms. The molecule has 2 aromatic rings. The number of esters is 3. The number of carbonyl (C=O) groups excluding carboxylic acids is 3. The Morgan fingerprint density at radius 3 is 1.97 bits per heavy atom. The van der Waals surface area contributed by atoms with Crippen LogP contribution in [0.25, 0.3) is 0 Å². The lowest BCUT2D eigenvalue weighted by Gasteiger charge is -2.22. The summed E-state index contributed by atoms with van der Waals surface area (Å²) in [5.41, 5.74) is 0.607. The van der Waals surface area contributed by atoms with E-state index in [0.717, 1.165) is 6.92 Å². The molecule has 0 aromatic heterocycles. The molecule has 1 heterocycles. The van der Waals surface area contributed by atoms with Crippen molar-refractivity contribution < 1.29 is 38.4 Å². The summed E-state index contributed by atoms with van der Waals surface area (Å²) in [6, 6.07) is 16.5. The molecule has 1 unspecified atom stereocenters. The van der Waals surface area contributed by atoms with Crippen molar-refractivity contribution >= 4 is 17.9 Å². The summed E-state index contributed by atoms with van der Waals surface area (Å²) in [5.74, 6) is -1.97. The lowest BCUT2D eigenvalue weighted by Crippen LogP contribution is -2.41. The van der Waals surface area contributed by atoms with Gasteiger partial charge >= 0.3 is 17.9 Å². The second-order valence-corrected chi connectivity index (χ2v) is 6.34. The molecule has 0 amide bonds. The predicted molar refractivity (Wildman–Crippen MR) is 98.8 cm³/mol. The van der Waals surface area contributed by atoms with E-state index in [1.165, 1.54) is 0 Å². The monoisotopic (exact) mass is 400 g/mol. The molecule has 29 heavy (non-hydrogen) atoms. The van der Waals surface area contributed by atoms with Crippen LogP contribution in [-0.4, -0.2) is 54.2 Å². The Morgan fingerprint density at radius 2 is 1.41 bits per heavy atom. The lowest BCUT2D eigenvalue weighted by molar-refractivity contribution is -0.170. The fourth-order valence-corrected chi connectivity index (χ4v) is 2.88. The molecular formula is C21H20O8. The quantitative estimate of drug-likeness (QED) is 0.577. The summed E-state index contributed by atoms with van der Waals surface area (Å²) in [5, 5.41) is 10.1. The molecular weight excluding hydrogens is 380 g/mol. The largest absolute Gasteiger partial charge is 0.459 e. The Balaban J connectivity index is 1.72. The number of hydrogen-bond donors (Lipinski definition) is 1. The Bertz CT molecular complexity index is 851. The van der Waals surface area contributed by atoms with E-state index in [9.17, 15) is 19.5 Å². The minimum absolute atomic E-state index is 0.274. The van der Waals surface area contributed by atoms with Gasteiger partial charge in [-0.15, -0.1) is 0 Å². The van der Waals surface area contributed by atoms with Crippen LogP contribution in [0.15, 0.2) is 60.7 Å². The number of carbonyl (C=O) groups is 3. The van der Waals surface area contributed by atoms with Gasteiger partial charge in [0.05, 0.1) is 11.1 Å². The fraction of sp³-hybridized carbons (Fsp3) is 0.286. The molecule has 0 radical (unpaired) electrons. The number of aliphatic hydroxyl groups excluding tert-OH is 1. The van der Waals surface area contributed by atoms with Crippen molar-refractivity contribution in [1.29, 1.82) is 0 Å². The van der Waals surface area contributed by atoms with Crippen LogP contribution >= 0.6 is 0 Å². The Labute approximate surface area is 167 Å². The molecule has 8 heteroatoms. The first-order valence-electron chi connectivity index (χ1n) is 8.94. The topological polar surface area (TPSA) is 108 Å². The van der Waals surface area contributed by atoms with Crippen molar-refractivity contribution in [3.8, 4) is 0 Å². The van der Waals surface area contributed by atoms with Gasteiger partial charge in [-0.1, -0.05) is 36.4 Å². The van der Waals surface area contributed by atoms with E-state index in [0.29, 0.717) is 5.56 Å². The SMILES string of the molecule is CC(=O)O[C@H]1C(O)O[C@H](COC(=O)c2ccccc2)[C@@H]1OC(=O)c1ccccc1. The second-order valence-electron chi connectivity index (χ2n) is 6.34. The first kappa shape index (κ1) is 20.5. The molecule has 8 nitrogen and oxygen atoms in total. The van der Waals surface area contributed by atoms with Crippen LogP contribution in [0, 0.1) is 0 Å². The van der Waals surface area contributed by atoms with Gasteiger partial charge in [0.1, 0.15) is 12.7 Å². The second kappa shape index (κ2) is 9.31. The Hall–Kier alpha value is -3.23. The van der Waals surface area contributed by atoms with Crippen LogP contribution in [0.4, 0.5) is 0 Å². The number of hydrogen-bond acceptors (Lipinski definition) is 8. The van der Waals surface area contributed by atoms with Crippen LogP contribution in [0.3, 0.4) is 0 Å². The van der Waals surface area contributed by atoms with E-state index in [1.54, 1.807) is 60.7 Å². The van der Waals surface area contributed by atoms with E-state index in [-0.39, 0.29) is 12.2 Å². The van der Waals surface area contributed by atoms with Gasteiger partial charge in [0.2, 0.25) is 0 Å². The molecule has 2 aromatic carbocycles. The molecule has 0 saturated carbocycles. The third-order valence-corrected chi connectivity index (χ3v) is 4.23. The number of ether oxygens (including phenoxy) is 4. The smallest absolute Gasteiger partial charge is 0.338 e. The van der Waals surface area contributed by atoms with Crippen LogP contribution < -0.4 is 0 Å². The number of benzene rings is 2. The fourth-order valence-electron chi connectivity index (χ4n) is 2.88. The summed E-state index contributed by atoms with van der Waals surface area (Å²) in [4.78, 5) is 36.0. The van der Waals surface area contributed by atoms with Crippen molar-refractivity contribution in [1.82, 2.24) is 0 Å². The molecule has 1 aliphatic rings. The summed E-state index contributed by atoms with van der Waals surface area (Å²) >= 11 is 0. The Kier molecular flexibility index (Phi) is 6.58. The molecule has 3 rings (SSSR count). The van der Waals surface area contributed by atoms with Gasteiger partial charge in [0.15, 0.2) is 18.5 Å². The van der Waals surface area contributed by atoms with Gasteiger partial charge in [0.25, 0.3) is 0 Å². The lowest BCUT2D eigenvalue weighted by atomic mass is 10.1. The minimum atomic E-state index is -1.53. The molecule has 1 fully saturated rings. The highest BCUT2D eigenvalue weighted by Gasteiger charge is 2.49. The molecule has 152 valence electrons. The van der Waals surface area contributed by atoms with Crippen molar-refractivity contribution in [2.24, 2.45) is 0 Å². The van der Waals surface area contributed by atoms with Crippen molar-refractivity contribution in [3.05, 3.63) is 71.8 Å². The van der Waals surface area contributed by atoms with E-state index >= 15 is 0 Å². The summed E-state index contributed by atoms with van der Waals surface area (Å²) in [6.45, 7) is 0.848. The normalized spacial score (nSPS) is 23.2. The average Bonchev–Trinajstić information content (AvgIpc) is 3.01. The van der Waals surface area contributed by atoms with Gasteiger partial charge < -0.3 is 24.1 Å². The van der Waals surface area contributed by atoms with Crippen LogP contribution in [0.5, 0.6) is 0 Å². The van der Waals surface area contributed by atoms with Gasteiger partial charge in [-0.05, 0) is 24.3 Å². The van der Waals surface area contributed by atoms with Crippen LogP contribution in [0.2, 0.25) is 0 Å². The van der Waals surface area contributed by atoms with Gasteiger partial charge in [-0.3, -0.25) is 4.79 Å². The number of rotatable bonds is 6. The Morgan fingerprint density at radius 1 is 0.862 bits per heavy atom. The van der Waals surface area contributed by atoms with Gasteiger partial charge in [-0.25, -0.2) is 9.59 Å². The standard InChI is InChI=1S/C21H20O8/c1-13(22)27-18-17(29-20(24)15-10-6-3-7-11-15)16(28-21(18)25)12-26-19(23)14-8-4-2-5-9-14/h2-11,16-18,21,25H,12H2,1H3/t16-,17+,18-,21?/m1/s1. The van der Waals surface area contributed by atoms with Gasteiger partial charge in [0, 0.05) is 6.92 Å². The third-order valence-electron chi connectivity index (χ3n) is 4.23. The highest BCUT2D eigenvalue weighted by atomic mass is 16.7. The van der Waals surface area contributed by atoms with Crippen molar-refractivity contribution in [2.45, 2.75) is 31.5 Å². The average molecular weight is 400 g/mol. The minimum Gasteiger partial charge on any atom is -0.459 e. The zero-order valence-electron chi connectivity index (χ0n) is 15.6. The highest BCUT2D eigenvalue weighted by Crippen LogP contribution is 2.27. The number of aliphatic hydroxyl groups is 1. The van der Waals surface area contributed by atoms with Gasteiger partial charge in [-0.2, -0.15) is 0 Å². The summed E-state index contributed by atoms with van der Waals surface area (Å²) in [7, 11) is 0. The molecule has 1 N–H and O–H groups in total. The maximum Gasteiger partial charge on any atom is 0.338 e. The predicted octanol–water partition coefficient (Wildman–Crippen LogP) is 1.72. The van der Waals surface area contributed by atoms with E-state index < -0.39 is 42.5 Å². The van der Waals surface area contributed by atoms with E-state index in [2.05, 4.69) is 0 Å².